The van der Waals surface area contributed by atoms with Crippen LogP contribution in [0.15, 0.2) is 12.1 Å². The predicted octanol–water partition coefficient (Wildman–Crippen LogP) is 2.80. The van der Waals surface area contributed by atoms with E-state index in [1.54, 1.807) is 7.11 Å². The third-order valence-corrected chi connectivity index (χ3v) is 4.62. The van der Waals surface area contributed by atoms with Gasteiger partial charge in [0.15, 0.2) is 0 Å². The van der Waals surface area contributed by atoms with Crippen LogP contribution in [0.4, 0.5) is 0 Å². The average Bonchev–Trinajstić information content (AvgIpc) is 2.79. The molecule has 1 aliphatic rings. The summed E-state index contributed by atoms with van der Waals surface area (Å²) in [6, 6.07) is 4.47. The summed E-state index contributed by atoms with van der Waals surface area (Å²) in [5.41, 5.74) is 4.98. The van der Waals surface area contributed by atoms with Gasteiger partial charge in [-0.1, -0.05) is 0 Å². The van der Waals surface area contributed by atoms with Crippen LogP contribution in [0.25, 0.3) is 11.0 Å². The lowest BCUT2D eigenvalue weighted by Gasteiger charge is -2.24. The molecule has 0 saturated carbocycles. The smallest absolute Gasteiger partial charge is 0.135 e. The second-order valence-corrected chi connectivity index (χ2v) is 6.19. The number of hydrogen-bond acceptors (Lipinski definition) is 3. The molecule has 1 aliphatic heterocycles. The fourth-order valence-electron chi connectivity index (χ4n) is 3.20. The number of nitrogens with one attached hydrogen (secondary N) is 1. The van der Waals surface area contributed by atoms with Gasteiger partial charge in [0.05, 0.1) is 11.0 Å². The predicted molar refractivity (Wildman–Crippen MR) is 85.5 cm³/mol. The molecule has 0 bridgehead atoms. The number of aryl methyl sites for hydroxylation is 2. The molecule has 1 saturated heterocycles. The third-order valence-electron chi connectivity index (χ3n) is 4.62. The van der Waals surface area contributed by atoms with Crippen molar-refractivity contribution in [1.82, 2.24) is 14.9 Å². The highest BCUT2D eigenvalue weighted by molar-refractivity contribution is 5.78. The number of benzene rings is 1. The van der Waals surface area contributed by atoms with E-state index in [-0.39, 0.29) is 0 Å². The summed E-state index contributed by atoms with van der Waals surface area (Å²) in [5, 5.41) is 3.44. The Morgan fingerprint density at radius 1 is 1.24 bits per heavy atom. The molecule has 2 aromatic rings. The van der Waals surface area contributed by atoms with Crippen molar-refractivity contribution in [3.63, 3.8) is 0 Å². The highest BCUT2D eigenvalue weighted by atomic mass is 16.5. The number of ether oxygens (including phenoxy) is 1. The van der Waals surface area contributed by atoms with Gasteiger partial charge in [-0.15, -0.1) is 0 Å². The van der Waals surface area contributed by atoms with E-state index in [0.717, 1.165) is 36.9 Å². The molecule has 4 nitrogen and oxygen atoms in total. The summed E-state index contributed by atoms with van der Waals surface area (Å²) >= 11 is 0. The van der Waals surface area contributed by atoms with Crippen molar-refractivity contribution in [2.75, 3.05) is 20.2 Å². The number of rotatable bonds is 4. The van der Waals surface area contributed by atoms with E-state index in [2.05, 4.69) is 35.9 Å². The molecular formula is C17H25N3O. The largest absolute Gasteiger partial charge is 0.377 e. The van der Waals surface area contributed by atoms with Gasteiger partial charge in [0.2, 0.25) is 0 Å². The zero-order valence-corrected chi connectivity index (χ0v) is 13.3. The fourth-order valence-corrected chi connectivity index (χ4v) is 3.20. The van der Waals surface area contributed by atoms with Crippen molar-refractivity contribution >= 4 is 11.0 Å². The fraction of sp³-hybridized carbons (Fsp3) is 0.588. The van der Waals surface area contributed by atoms with Crippen LogP contribution in [0.2, 0.25) is 0 Å². The molecule has 1 aromatic heterocycles. The third kappa shape index (κ3) is 2.97. The van der Waals surface area contributed by atoms with Crippen LogP contribution in [0.1, 0.15) is 29.8 Å². The van der Waals surface area contributed by atoms with Crippen molar-refractivity contribution in [2.45, 2.75) is 39.8 Å². The molecule has 2 heterocycles. The Labute approximate surface area is 126 Å². The minimum atomic E-state index is 0.581. The number of nitrogens with zero attached hydrogens (tertiary/aromatic N) is 2. The van der Waals surface area contributed by atoms with Gasteiger partial charge in [-0.25, -0.2) is 4.98 Å². The van der Waals surface area contributed by atoms with Gasteiger partial charge in [0.1, 0.15) is 12.4 Å². The van der Waals surface area contributed by atoms with E-state index in [9.17, 15) is 0 Å². The number of piperidine rings is 1. The molecule has 0 radical (unpaired) electrons. The summed E-state index contributed by atoms with van der Waals surface area (Å²) in [7, 11) is 1.74. The van der Waals surface area contributed by atoms with E-state index in [1.165, 1.54) is 29.5 Å². The Hall–Kier alpha value is -1.39. The number of imidazole rings is 1. The molecule has 21 heavy (non-hydrogen) atoms. The van der Waals surface area contributed by atoms with Crippen molar-refractivity contribution in [3.8, 4) is 0 Å². The lowest BCUT2D eigenvalue weighted by atomic mass is 9.98. The number of hydrogen-bond donors (Lipinski definition) is 1. The summed E-state index contributed by atoms with van der Waals surface area (Å²) in [5.74, 6) is 1.79. The minimum absolute atomic E-state index is 0.581. The number of methoxy groups -OCH3 is 1. The first-order valence-electron chi connectivity index (χ1n) is 7.85. The van der Waals surface area contributed by atoms with Gasteiger partial charge in [0.25, 0.3) is 0 Å². The molecule has 0 spiro atoms. The molecule has 4 heteroatoms. The van der Waals surface area contributed by atoms with Crippen molar-refractivity contribution in [1.29, 1.82) is 0 Å². The maximum Gasteiger partial charge on any atom is 0.135 e. The van der Waals surface area contributed by atoms with E-state index in [1.807, 2.05) is 0 Å². The normalized spacial score (nSPS) is 16.7. The van der Waals surface area contributed by atoms with Crippen molar-refractivity contribution in [3.05, 3.63) is 29.1 Å². The molecule has 0 unspecified atom stereocenters. The highest BCUT2D eigenvalue weighted by Gasteiger charge is 2.18. The van der Waals surface area contributed by atoms with Gasteiger partial charge in [-0.2, -0.15) is 0 Å². The van der Waals surface area contributed by atoms with E-state index < -0.39 is 0 Å². The first-order chi connectivity index (χ1) is 10.2. The molecule has 114 valence electrons. The summed E-state index contributed by atoms with van der Waals surface area (Å²) in [6.07, 6.45) is 2.49. The SMILES string of the molecule is COCc1nc2cc(C)c(C)cc2n1CC1CCNCC1. The maximum atomic E-state index is 5.35. The van der Waals surface area contributed by atoms with Crippen molar-refractivity contribution < 1.29 is 4.74 Å². The Morgan fingerprint density at radius 2 is 1.95 bits per heavy atom. The molecular weight excluding hydrogens is 262 g/mol. The summed E-state index contributed by atoms with van der Waals surface area (Å²) in [4.78, 5) is 4.79. The Morgan fingerprint density at radius 3 is 2.67 bits per heavy atom. The maximum absolute atomic E-state index is 5.35. The van der Waals surface area contributed by atoms with Gasteiger partial charge >= 0.3 is 0 Å². The van der Waals surface area contributed by atoms with Crippen molar-refractivity contribution in [2.24, 2.45) is 5.92 Å². The zero-order valence-electron chi connectivity index (χ0n) is 13.3. The van der Waals surface area contributed by atoms with Gasteiger partial charge < -0.3 is 14.6 Å². The average molecular weight is 287 g/mol. The molecule has 3 rings (SSSR count). The van der Waals surface area contributed by atoms with Crippen LogP contribution in [-0.2, 0) is 17.9 Å². The van der Waals surface area contributed by atoms with Gasteiger partial charge in [0, 0.05) is 13.7 Å². The lowest BCUT2D eigenvalue weighted by Crippen LogP contribution is -2.30. The molecule has 1 fully saturated rings. The molecule has 0 atom stereocenters. The van der Waals surface area contributed by atoms with Crippen LogP contribution < -0.4 is 5.32 Å². The first-order valence-corrected chi connectivity index (χ1v) is 7.85. The van der Waals surface area contributed by atoms with Crippen LogP contribution in [0, 0.1) is 19.8 Å². The monoisotopic (exact) mass is 287 g/mol. The lowest BCUT2D eigenvalue weighted by molar-refractivity contribution is 0.172. The topological polar surface area (TPSA) is 39.1 Å². The van der Waals surface area contributed by atoms with Gasteiger partial charge in [-0.3, -0.25) is 0 Å². The first kappa shape index (κ1) is 14.5. The van der Waals surface area contributed by atoms with Crippen LogP contribution in [0.3, 0.4) is 0 Å². The van der Waals surface area contributed by atoms with E-state index in [0.29, 0.717) is 6.61 Å². The minimum Gasteiger partial charge on any atom is -0.377 e. The number of aromatic nitrogens is 2. The molecule has 1 aromatic carbocycles. The number of fused-ring (bicyclic) bond motifs is 1. The quantitative estimate of drug-likeness (QED) is 0.940. The second-order valence-electron chi connectivity index (χ2n) is 6.19. The second kappa shape index (κ2) is 6.16. The Kier molecular flexibility index (Phi) is 4.27. The van der Waals surface area contributed by atoms with Crippen LogP contribution >= 0.6 is 0 Å². The van der Waals surface area contributed by atoms with E-state index >= 15 is 0 Å². The zero-order chi connectivity index (χ0) is 14.8. The Balaban J connectivity index is 2.00. The van der Waals surface area contributed by atoms with Crippen LogP contribution in [0.5, 0.6) is 0 Å². The summed E-state index contributed by atoms with van der Waals surface area (Å²) < 4.78 is 7.73. The highest BCUT2D eigenvalue weighted by Crippen LogP contribution is 2.24. The standard InChI is InChI=1S/C17H25N3O/c1-12-8-15-16(9-13(12)2)20(17(19-15)11-21-3)10-14-4-6-18-7-5-14/h8-9,14,18H,4-7,10-11H2,1-3H3. The molecule has 1 N–H and O–H groups in total. The Bertz CT molecular complexity index is 626. The summed E-state index contributed by atoms with van der Waals surface area (Å²) in [6.45, 7) is 8.23. The van der Waals surface area contributed by atoms with E-state index in [4.69, 9.17) is 9.72 Å². The molecule has 0 aliphatic carbocycles. The van der Waals surface area contributed by atoms with Crippen LogP contribution in [-0.4, -0.2) is 29.8 Å². The molecule has 0 amide bonds. The van der Waals surface area contributed by atoms with Gasteiger partial charge in [-0.05, 0) is 69.0 Å².